The zero-order valence-electron chi connectivity index (χ0n) is 14.7. The molecule has 0 aromatic rings. The van der Waals surface area contributed by atoms with E-state index in [-0.39, 0.29) is 12.7 Å². The zero-order chi connectivity index (χ0) is 15.9. The van der Waals surface area contributed by atoms with Crippen LogP contribution >= 0.6 is 11.8 Å². The van der Waals surface area contributed by atoms with E-state index in [2.05, 4.69) is 6.92 Å². The van der Waals surface area contributed by atoms with Crippen LogP contribution in [0.25, 0.3) is 0 Å². The molecule has 132 valence electrons. The third-order valence-corrected chi connectivity index (χ3v) is 5.84. The summed E-state index contributed by atoms with van der Waals surface area (Å²) < 4.78 is 5.73. The van der Waals surface area contributed by atoms with Crippen molar-refractivity contribution in [2.75, 3.05) is 12.4 Å². The Kier molecular flexibility index (Phi) is 13.7. The molecular weight excluding hydrogens is 292 g/mol. The van der Waals surface area contributed by atoms with Crippen LogP contribution in [0, 0.1) is 0 Å². The fourth-order valence-corrected chi connectivity index (χ4v) is 4.27. The number of ether oxygens (including phenoxy) is 1. The first-order valence-corrected chi connectivity index (χ1v) is 10.8. The van der Waals surface area contributed by atoms with Crippen LogP contribution in [0.4, 0.5) is 0 Å². The van der Waals surface area contributed by atoms with Crippen molar-refractivity contribution in [2.45, 2.75) is 108 Å². The van der Waals surface area contributed by atoms with Gasteiger partial charge in [0.2, 0.25) is 0 Å². The molecule has 0 aliphatic carbocycles. The summed E-state index contributed by atoms with van der Waals surface area (Å²) in [4.78, 5) is 0. The van der Waals surface area contributed by atoms with Gasteiger partial charge in [-0.15, -0.1) is 11.8 Å². The molecule has 1 saturated heterocycles. The van der Waals surface area contributed by atoms with E-state index in [0.717, 1.165) is 5.75 Å². The molecule has 22 heavy (non-hydrogen) atoms. The molecule has 1 fully saturated rings. The summed E-state index contributed by atoms with van der Waals surface area (Å²) in [7, 11) is 0. The molecule has 3 heteroatoms. The number of unbranched alkanes of at least 4 members (excludes halogenated alkanes) is 12. The SMILES string of the molecule is CCCCCCCCCCCCCCC[C@@H]1O[C@H](CO)CS1. The van der Waals surface area contributed by atoms with Crippen molar-refractivity contribution in [3.63, 3.8) is 0 Å². The summed E-state index contributed by atoms with van der Waals surface area (Å²) in [6.45, 7) is 2.47. The first-order chi connectivity index (χ1) is 10.9. The summed E-state index contributed by atoms with van der Waals surface area (Å²) in [5, 5.41) is 9.03. The number of thioether (sulfide) groups is 1. The van der Waals surface area contributed by atoms with Gasteiger partial charge < -0.3 is 9.84 Å². The molecule has 1 N–H and O–H groups in total. The van der Waals surface area contributed by atoms with Gasteiger partial charge in [-0.3, -0.25) is 0 Å². The van der Waals surface area contributed by atoms with E-state index in [9.17, 15) is 0 Å². The van der Waals surface area contributed by atoms with Crippen LogP contribution in [0.2, 0.25) is 0 Å². The lowest BCUT2D eigenvalue weighted by Gasteiger charge is -2.10. The summed E-state index contributed by atoms with van der Waals surface area (Å²) in [6.07, 6.45) is 19.6. The van der Waals surface area contributed by atoms with Gasteiger partial charge in [-0.1, -0.05) is 84.0 Å². The van der Waals surface area contributed by atoms with Gasteiger partial charge in [0.15, 0.2) is 0 Å². The second-order valence-corrected chi connectivity index (χ2v) is 7.93. The number of aliphatic hydroxyl groups is 1. The molecule has 1 aliphatic rings. The quantitative estimate of drug-likeness (QED) is 0.378. The van der Waals surface area contributed by atoms with Crippen molar-refractivity contribution in [2.24, 2.45) is 0 Å². The Bertz CT molecular complexity index is 235. The maximum absolute atomic E-state index is 9.03. The van der Waals surface area contributed by atoms with Gasteiger partial charge in [0, 0.05) is 5.75 Å². The van der Waals surface area contributed by atoms with Crippen molar-refractivity contribution in [1.29, 1.82) is 0 Å². The lowest BCUT2D eigenvalue weighted by Crippen LogP contribution is -2.16. The molecule has 0 unspecified atom stereocenters. The van der Waals surface area contributed by atoms with Gasteiger partial charge in [-0.2, -0.15) is 0 Å². The smallest absolute Gasteiger partial charge is 0.103 e. The van der Waals surface area contributed by atoms with Gasteiger partial charge in [0.25, 0.3) is 0 Å². The van der Waals surface area contributed by atoms with Crippen molar-refractivity contribution in [3.8, 4) is 0 Å². The molecule has 1 heterocycles. The van der Waals surface area contributed by atoms with Crippen molar-refractivity contribution < 1.29 is 9.84 Å². The molecule has 2 atom stereocenters. The number of rotatable bonds is 15. The van der Waals surface area contributed by atoms with Crippen LogP contribution < -0.4 is 0 Å². The molecule has 0 aromatic heterocycles. The molecule has 0 spiro atoms. The van der Waals surface area contributed by atoms with Gasteiger partial charge in [0.05, 0.1) is 12.7 Å². The van der Waals surface area contributed by atoms with Crippen molar-refractivity contribution in [1.82, 2.24) is 0 Å². The first-order valence-electron chi connectivity index (χ1n) is 9.74. The lowest BCUT2D eigenvalue weighted by molar-refractivity contribution is 0.0234. The Morgan fingerprint density at radius 1 is 0.818 bits per heavy atom. The third kappa shape index (κ3) is 10.9. The van der Waals surface area contributed by atoms with Crippen LogP contribution in [0.3, 0.4) is 0 Å². The minimum Gasteiger partial charge on any atom is -0.394 e. The largest absolute Gasteiger partial charge is 0.394 e. The molecule has 1 rings (SSSR count). The van der Waals surface area contributed by atoms with E-state index in [0.29, 0.717) is 5.44 Å². The molecule has 2 nitrogen and oxygen atoms in total. The van der Waals surface area contributed by atoms with E-state index in [1.54, 1.807) is 0 Å². The fourth-order valence-electron chi connectivity index (χ4n) is 3.08. The van der Waals surface area contributed by atoms with Crippen LogP contribution in [0.5, 0.6) is 0 Å². The Labute approximate surface area is 142 Å². The molecule has 0 amide bonds. The van der Waals surface area contributed by atoms with E-state index in [4.69, 9.17) is 9.84 Å². The Morgan fingerprint density at radius 3 is 1.77 bits per heavy atom. The molecular formula is C19H38O2S. The van der Waals surface area contributed by atoms with Crippen molar-refractivity contribution >= 4 is 11.8 Å². The Hall–Kier alpha value is 0.270. The minimum atomic E-state index is 0.0944. The Balaban J connectivity index is 1.72. The topological polar surface area (TPSA) is 29.5 Å². The maximum atomic E-state index is 9.03. The normalized spacial score (nSPS) is 21.5. The Morgan fingerprint density at radius 2 is 1.32 bits per heavy atom. The zero-order valence-corrected chi connectivity index (χ0v) is 15.5. The first kappa shape index (κ1) is 20.3. The molecule has 0 bridgehead atoms. The molecule has 0 saturated carbocycles. The van der Waals surface area contributed by atoms with Crippen LogP contribution in [0.15, 0.2) is 0 Å². The lowest BCUT2D eigenvalue weighted by atomic mass is 10.0. The molecule has 1 aliphatic heterocycles. The van der Waals surface area contributed by atoms with Crippen molar-refractivity contribution in [3.05, 3.63) is 0 Å². The maximum Gasteiger partial charge on any atom is 0.103 e. The predicted octanol–water partition coefficient (Wildman–Crippen LogP) is 5.92. The van der Waals surface area contributed by atoms with Crippen LogP contribution in [-0.4, -0.2) is 29.0 Å². The average molecular weight is 331 g/mol. The van der Waals surface area contributed by atoms with Crippen LogP contribution in [-0.2, 0) is 4.74 Å². The molecule has 0 radical (unpaired) electrons. The molecule has 0 aromatic carbocycles. The second-order valence-electron chi connectivity index (χ2n) is 6.73. The third-order valence-electron chi connectivity index (χ3n) is 4.56. The minimum absolute atomic E-state index is 0.0944. The average Bonchev–Trinajstić information content (AvgIpc) is 3.00. The van der Waals surface area contributed by atoms with Gasteiger partial charge in [-0.05, 0) is 12.8 Å². The predicted molar refractivity (Wildman–Crippen MR) is 98.5 cm³/mol. The monoisotopic (exact) mass is 330 g/mol. The van der Waals surface area contributed by atoms with E-state index < -0.39 is 0 Å². The highest BCUT2D eigenvalue weighted by molar-refractivity contribution is 8.00. The number of hydrogen-bond donors (Lipinski definition) is 1. The summed E-state index contributed by atoms with van der Waals surface area (Å²) >= 11 is 1.88. The number of aliphatic hydroxyl groups excluding tert-OH is 1. The highest BCUT2D eigenvalue weighted by Crippen LogP contribution is 2.29. The summed E-state index contributed by atoms with van der Waals surface area (Å²) in [5.41, 5.74) is 0.352. The second kappa shape index (κ2) is 14.8. The van der Waals surface area contributed by atoms with E-state index in [1.807, 2.05) is 11.8 Å². The summed E-state index contributed by atoms with van der Waals surface area (Å²) in [6, 6.07) is 0. The van der Waals surface area contributed by atoms with E-state index >= 15 is 0 Å². The van der Waals surface area contributed by atoms with Gasteiger partial charge in [0.1, 0.15) is 5.44 Å². The highest BCUT2D eigenvalue weighted by atomic mass is 32.2. The van der Waals surface area contributed by atoms with E-state index in [1.165, 1.54) is 89.9 Å². The standard InChI is InChI=1S/C19H38O2S/c1-2-3-4-5-6-7-8-9-10-11-12-13-14-15-19-21-18(16-20)17-22-19/h18-20H,2-17H2,1H3/t18-,19-/m1/s1. The summed E-state index contributed by atoms with van der Waals surface area (Å²) in [5.74, 6) is 0.972. The fraction of sp³-hybridized carbons (Fsp3) is 1.00. The van der Waals surface area contributed by atoms with Gasteiger partial charge >= 0.3 is 0 Å². The highest BCUT2D eigenvalue weighted by Gasteiger charge is 2.24. The van der Waals surface area contributed by atoms with Gasteiger partial charge in [-0.25, -0.2) is 0 Å². The number of hydrogen-bond acceptors (Lipinski definition) is 3. The van der Waals surface area contributed by atoms with Crippen LogP contribution in [0.1, 0.15) is 96.8 Å².